The third kappa shape index (κ3) is 4.97. The topological polar surface area (TPSA) is 69.0 Å². The number of hydrogen-bond acceptors (Lipinski definition) is 4. The van der Waals surface area contributed by atoms with Gasteiger partial charge in [0.1, 0.15) is 16.8 Å². The summed E-state index contributed by atoms with van der Waals surface area (Å²) < 4.78 is 5.63. The van der Waals surface area contributed by atoms with Gasteiger partial charge in [0.2, 0.25) is 0 Å². The Bertz CT molecular complexity index is 1200. The minimum Gasteiger partial charge on any atom is -0.484 e. The number of rotatable bonds is 8. The standard InChI is InChI=1S/C26H28N4O2/c1-4-18(3)20-8-13-23(14-9-20)32-17-26(31)27-21-10-15-24-25(16-21)29-30(28-24)22-11-6-19(5-2)7-12-22/h6-16,18H,4-5,17H2,1-3H3,(H,27,31)/t18-/m0/s1. The molecule has 164 valence electrons. The third-order valence-corrected chi connectivity index (χ3v) is 5.67. The molecule has 32 heavy (non-hydrogen) atoms. The van der Waals surface area contributed by atoms with Crippen LogP contribution in [0.5, 0.6) is 5.75 Å². The van der Waals surface area contributed by atoms with Gasteiger partial charge in [0.15, 0.2) is 6.61 Å². The third-order valence-electron chi connectivity index (χ3n) is 5.67. The average Bonchev–Trinajstić information content (AvgIpc) is 3.26. The highest BCUT2D eigenvalue weighted by molar-refractivity contribution is 5.93. The second-order valence-corrected chi connectivity index (χ2v) is 7.93. The van der Waals surface area contributed by atoms with Gasteiger partial charge in [-0.3, -0.25) is 4.79 Å². The molecule has 1 N–H and O–H groups in total. The first-order valence-electron chi connectivity index (χ1n) is 11.0. The van der Waals surface area contributed by atoms with Crippen molar-refractivity contribution in [3.8, 4) is 11.4 Å². The number of carbonyl (C=O) groups excluding carboxylic acids is 1. The van der Waals surface area contributed by atoms with Crippen molar-refractivity contribution in [1.29, 1.82) is 0 Å². The average molecular weight is 429 g/mol. The lowest BCUT2D eigenvalue weighted by Crippen LogP contribution is -2.20. The van der Waals surface area contributed by atoms with Crippen LogP contribution in [0.25, 0.3) is 16.7 Å². The van der Waals surface area contributed by atoms with Crippen molar-refractivity contribution in [2.75, 3.05) is 11.9 Å². The molecule has 0 aliphatic rings. The summed E-state index contributed by atoms with van der Waals surface area (Å²) in [7, 11) is 0. The van der Waals surface area contributed by atoms with E-state index in [0.717, 1.165) is 24.0 Å². The number of anilines is 1. The summed E-state index contributed by atoms with van der Waals surface area (Å²) in [4.78, 5) is 14.0. The molecule has 1 atom stereocenters. The summed E-state index contributed by atoms with van der Waals surface area (Å²) in [5, 5.41) is 11.9. The predicted molar refractivity (Wildman–Crippen MR) is 128 cm³/mol. The number of ether oxygens (including phenoxy) is 1. The number of hydrogen-bond donors (Lipinski definition) is 1. The minimum absolute atomic E-state index is 0.0584. The Kier molecular flexibility index (Phi) is 6.50. The van der Waals surface area contributed by atoms with E-state index in [1.54, 1.807) is 4.80 Å². The van der Waals surface area contributed by atoms with E-state index in [4.69, 9.17) is 4.74 Å². The summed E-state index contributed by atoms with van der Waals surface area (Å²) >= 11 is 0. The van der Waals surface area contributed by atoms with E-state index in [2.05, 4.69) is 60.6 Å². The lowest BCUT2D eigenvalue weighted by Gasteiger charge is -2.11. The second kappa shape index (κ2) is 9.64. The molecule has 4 aromatic rings. The Hall–Kier alpha value is -3.67. The monoisotopic (exact) mass is 428 g/mol. The molecule has 0 aliphatic heterocycles. The van der Waals surface area contributed by atoms with Crippen LogP contribution in [-0.2, 0) is 11.2 Å². The van der Waals surface area contributed by atoms with Crippen LogP contribution in [0.3, 0.4) is 0 Å². The van der Waals surface area contributed by atoms with Gasteiger partial charge >= 0.3 is 0 Å². The van der Waals surface area contributed by atoms with E-state index < -0.39 is 0 Å². The lowest BCUT2D eigenvalue weighted by atomic mass is 9.99. The molecule has 0 aliphatic carbocycles. The van der Waals surface area contributed by atoms with Crippen LogP contribution in [-0.4, -0.2) is 27.5 Å². The number of carbonyl (C=O) groups is 1. The molecule has 1 aromatic heterocycles. The molecular formula is C26H28N4O2. The summed E-state index contributed by atoms with van der Waals surface area (Å²) in [6.07, 6.45) is 2.08. The molecule has 0 fully saturated rings. The molecule has 4 rings (SSSR count). The molecule has 1 amide bonds. The SMILES string of the molecule is CCc1ccc(-n2nc3ccc(NC(=O)COc4ccc([C@@H](C)CC)cc4)cc3n2)cc1. The van der Waals surface area contributed by atoms with Crippen LogP contribution >= 0.6 is 0 Å². The van der Waals surface area contributed by atoms with Crippen molar-refractivity contribution < 1.29 is 9.53 Å². The number of fused-ring (bicyclic) bond motifs is 1. The number of nitrogens with one attached hydrogen (secondary N) is 1. The van der Waals surface area contributed by atoms with Crippen molar-refractivity contribution in [3.63, 3.8) is 0 Å². The molecule has 0 saturated heterocycles. The highest BCUT2D eigenvalue weighted by atomic mass is 16.5. The maximum Gasteiger partial charge on any atom is 0.262 e. The van der Waals surface area contributed by atoms with Crippen LogP contribution in [0.2, 0.25) is 0 Å². The zero-order valence-corrected chi connectivity index (χ0v) is 18.7. The first-order chi connectivity index (χ1) is 15.6. The molecule has 0 saturated carbocycles. The van der Waals surface area contributed by atoms with Gasteiger partial charge in [-0.15, -0.1) is 10.2 Å². The van der Waals surface area contributed by atoms with E-state index in [1.165, 1.54) is 11.1 Å². The van der Waals surface area contributed by atoms with Crippen LogP contribution in [0.15, 0.2) is 66.7 Å². The molecule has 0 spiro atoms. The van der Waals surface area contributed by atoms with E-state index in [1.807, 2.05) is 42.5 Å². The molecule has 1 heterocycles. The van der Waals surface area contributed by atoms with Gasteiger partial charge in [-0.25, -0.2) is 0 Å². The highest BCUT2D eigenvalue weighted by Gasteiger charge is 2.09. The quantitative estimate of drug-likeness (QED) is 0.402. The summed E-state index contributed by atoms with van der Waals surface area (Å²) in [6.45, 7) is 6.43. The zero-order chi connectivity index (χ0) is 22.5. The fraction of sp³-hybridized carbons (Fsp3) is 0.269. The minimum atomic E-state index is -0.224. The number of aromatic nitrogens is 3. The van der Waals surface area contributed by atoms with Gasteiger partial charge in [-0.2, -0.15) is 4.80 Å². The van der Waals surface area contributed by atoms with E-state index in [9.17, 15) is 4.79 Å². The van der Waals surface area contributed by atoms with Gasteiger partial charge in [0.05, 0.1) is 5.69 Å². The first-order valence-corrected chi connectivity index (χ1v) is 11.0. The van der Waals surface area contributed by atoms with Gasteiger partial charge < -0.3 is 10.1 Å². The molecular weight excluding hydrogens is 400 g/mol. The van der Waals surface area contributed by atoms with Crippen molar-refractivity contribution >= 4 is 22.6 Å². The maximum atomic E-state index is 12.4. The Morgan fingerprint density at radius 3 is 2.38 bits per heavy atom. The van der Waals surface area contributed by atoms with Crippen LogP contribution in [0.4, 0.5) is 5.69 Å². The first kappa shape index (κ1) is 21.6. The molecule has 0 unspecified atom stereocenters. The molecule has 3 aromatic carbocycles. The predicted octanol–water partition coefficient (Wildman–Crippen LogP) is 5.51. The van der Waals surface area contributed by atoms with Crippen molar-refractivity contribution in [1.82, 2.24) is 15.0 Å². The van der Waals surface area contributed by atoms with E-state index >= 15 is 0 Å². The fourth-order valence-corrected chi connectivity index (χ4v) is 3.45. The van der Waals surface area contributed by atoms with Gasteiger partial charge in [-0.1, -0.05) is 45.0 Å². The Morgan fingerprint density at radius 2 is 1.69 bits per heavy atom. The largest absolute Gasteiger partial charge is 0.484 e. The van der Waals surface area contributed by atoms with Crippen LogP contribution in [0, 0.1) is 0 Å². The molecule has 6 nitrogen and oxygen atoms in total. The normalized spacial score (nSPS) is 12.0. The molecule has 6 heteroatoms. The lowest BCUT2D eigenvalue weighted by molar-refractivity contribution is -0.118. The maximum absolute atomic E-state index is 12.4. The van der Waals surface area contributed by atoms with Crippen molar-refractivity contribution in [2.24, 2.45) is 0 Å². The Labute approximate surface area is 188 Å². The summed E-state index contributed by atoms with van der Waals surface area (Å²) in [5.41, 5.74) is 5.57. The van der Waals surface area contributed by atoms with E-state index in [-0.39, 0.29) is 12.5 Å². The van der Waals surface area contributed by atoms with Crippen LogP contribution < -0.4 is 10.1 Å². The van der Waals surface area contributed by atoms with Gasteiger partial charge in [0, 0.05) is 5.69 Å². The smallest absolute Gasteiger partial charge is 0.262 e. The van der Waals surface area contributed by atoms with Gasteiger partial charge in [0.25, 0.3) is 5.91 Å². The summed E-state index contributed by atoms with van der Waals surface area (Å²) in [5.74, 6) is 0.966. The van der Waals surface area contributed by atoms with Crippen LogP contribution in [0.1, 0.15) is 44.2 Å². The van der Waals surface area contributed by atoms with Crippen molar-refractivity contribution in [3.05, 3.63) is 77.9 Å². The van der Waals surface area contributed by atoms with E-state index in [0.29, 0.717) is 22.9 Å². The Balaban J connectivity index is 1.38. The van der Waals surface area contributed by atoms with Crippen molar-refractivity contribution in [2.45, 2.75) is 39.5 Å². The number of nitrogens with zero attached hydrogens (tertiary/aromatic N) is 3. The Morgan fingerprint density at radius 1 is 0.969 bits per heavy atom. The number of benzene rings is 3. The number of amides is 1. The zero-order valence-electron chi connectivity index (χ0n) is 18.7. The van der Waals surface area contributed by atoms with Gasteiger partial charge in [-0.05, 0) is 72.4 Å². The highest BCUT2D eigenvalue weighted by Crippen LogP contribution is 2.22. The number of aryl methyl sites for hydroxylation is 1. The summed E-state index contributed by atoms with van der Waals surface area (Å²) in [6, 6.07) is 21.6. The second-order valence-electron chi connectivity index (χ2n) is 7.93. The molecule has 0 radical (unpaired) electrons. The fourth-order valence-electron chi connectivity index (χ4n) is 3.45. The molecule has 0 bridgehead atoms.